The highest BCUT2D eigenvalue weighted by Crippen LogP contribution is 2.32. The number of carbonyl (C=O) groups excluding carboxylic acids is 2. The topological polar surface area (TPSA) is 107 Å². The largest absolute Gasteiger partial charge is 0.481 e. The predicted octanol–water partition coefficient (Wildman–Crippen LogP) is 5.76. The average molecular weight is 728 g/mol. The van der Waals surface area contributed by atoms with Crippen molar-refractivity contribution < 1.29 is 33.0 Å². The second kappa shape index (κ2) is 16.0. The van der Waals surface area contributed by atoms with Crippen LogP contribution < -0.4 is 5.32 Å². The van der Waals surface area contributed by atoms with E-state index in [1.807, 2.05) is 35.9 Å². The molecule has 3 heterocycles. The number of fused-ring (bicyclic) bond motifs is 1. The zero-order valence-electron chi connectivity index (χ0n) is 29.5. The van der Waals surface area contributed by atoms with Crippen molar-refractivity contribution in [1.82, 2.24) is 19.3 Å². The Hall–Kier alpha value is -3.58. The van der Waals surface area contributed by atoms with Crippen molar-refractivity contribution in [2.24, 2.45) is 13.0 Å². The molecule has 51 heavy (non-hydrogen) atoms. The van der Waals surface area contributed by atoms with E-state index in [9.17, 15) is 23.9 Å². The second-order valence-electron chi connectivity index (χ2n) is 14.5. The maximum absolute atomic E-state index is 15.6. The van der Waals surface area contributed by atoms with Crippen LogP contribution in [0.5, 0.6) is 0 Å². The van der Waals surface area contributed by atoms with Crippen LogP contribution in [0.4, 0.5) is 14.5 Å². The lowest BCUT2D eigenvalue weighted by atomic mass is 9.87. The standard InChI is InChI=1S/C38H48ClF2N5O5/c1-23-18-44(19-24(2)45(23)13-12-40)27-16-28(22-51-29-10-8-25(9-11-29)38(49)50)46(20-27)36(47)15-26-14-32(39)34(17-33(26)41)42-37(48)31-21-43(3)35-7-5-4-6-30(31)35/h4-7,14,17,21,23-25,27-29H,8-13,15-16,18-20,22H2,1-3H3,(H,42,48)(H,49,50)/t23-,24?,25?,27-,28-,29?/m0/s1. The van der Waals surface area contributed by atoms with Crippen LogP contribution in [-0.4, -0.2) is 112 Å². The first-order valence-electron chi connectivity index (χ1n) is 18.0. The van der Waals surface area contributed by atoms with E-state index in [-0.39, 0.29) is 64.8 Å². The third-order valence-corrected chi connectivity index (χ3v) is 11.4. The number of halogens is 3. The summed E-state index contributed by atoms with van der Waals surface area (Å²) in [5.41, 5.74) is 1.56. The van der Waals surface area contributed by atoms with Crippen molar-refractivity contribution in [3.8, 4) is 0 Å². The number of alkyl halides is 1. The molecule has 6 rings (SSSR count). The number of aliphatic carboxylic acids is 1. The second-order valence-corrected chi connectivity index (χ2v) is 14.9. The molecular weight excluding hydrogens is 680 g/mol. The van der Waals surface area contributed by atoms with E-state index < -0.39 is 24.4 Å². The van der Waals surface area contributed by atoms with E-state index in [0.717, 1.165) is 30.1 Å². The summed E-state index contributed by atoms with van der Waals surface area (Å²) in [6.45, 7) is 6.46. The molecule has 3 aliphatic rings. The Balaban J connectivity index is 1.15. The van der Waals surface area contributed by atoms with Gasteiger partial charge in [-0.05, 0) is 69.7 Å². The van der Waals surface area contributed by atoms with Gasteiger partial charge in [0.15, 0.2) is 0 Å². The van der Waals surface area contributed by atoms with Crippen LogP contribution in [0, 0.1) is 11.7 Å². The lowest BCUT2D eigenvalue weighted by Gasteiger charge is -2.46. The van der Waals surface area contributed by atoms with Gasteiger partial charge in [-0.25, -0.2) is 8.78 Å². The number of nitrogens with one attached hydrogen (secondary N) is 1. The zero-order valence-corrected chi connectivity index (χ0v) is 30.2. The van der Waals surface area contributed by atoms with E-state index in [2.05, 4.69) is 29.0 Å². The number of ether oxygens (including phenoxy) is 1. The molecule has 2 aromatic carbocycles. The summed E-state index contributed by atoms with van der Waals surface area (Å²) in [5, 5.41) is 13.0. The Morgan fingerprint density at radius 3 is 2.43 bits per heavy atom. The summed E-state index contributed by atoms with van der Waals surface area (Å²) in [7, 11) is 1.85. The number of para-hydroxylation sites is 1. The van der Waals surface area contributed by atoms with Gasteiger partial charge in [-0.3, -0.25) is 24.2 Å². The number of piperazine rings is 1. The molecule has 2 amide bonds. The summed E-state index contributed by atoms with van der Waals surface area (Å²) in [4.78, 5) is 45.0. The lowest BCUT2D eigenvalue weighted by molar-refractivity contribution is -0.144. The molecule has 4 atom stereocenters. The van der Waals surface area contributed by atoms with Gasteiger partial charge in [-0.2, -0.15) is 0 Å². The fourth-order valence-corrected chi connectivity index (χ4v) is 8.61. The van der Waals surface area contributed by atoms with Gasteiger partial charge in [-0.15, -0.1) is 0 Å². The van der Waals surface area contributed by atoms with Gasteiger partial charge in [0.2, 0.25) is 5.91 Å². The maximum Gasteiger partial charge on any atom is 0.306 e. The summed E-state index contributed by atoms with van der Waals surface area (Å²) < 4.78 is 37.0. The van der Waals surface area contributed by atoms with Gasteiger partial charge in [-0.1, -0.05) is 29.8 Å². The number of carbonyl (C=O) groups is 3. The molecule has 2 saturated heterocycles. The van der Waals surface area contributed by atoms with Crippen LogP contribution in [0.1, 0.15) is 61.9 Å². The number of amides is 2. The number of rotatable bonds is 11. The Bertz CT molecular complexity index is 1730. The maximum atomic E-state index is 15.6. The van der Waals surface area contributed by atoms with Crippen LogP contribution in [0.15, 0.2) is 42.6 Å². The summed E-state index contributed by atoms with van der Waals surface area (Å²) in [6.07, 6.45) is 4.54. The minimum Gasteiger partial charge on any atom is -0.481 e. The minimum absolute atomic E-state index is 0.0582. The van der Waals surface area contributed by atoms with Crippen LogP contribution in [0.2, 0.25) is 5.02 Å². The number of anilines is 1. The van der Waals surface area contributed by atoms with Gasteiger partial charge in [0.05, 0.1) is 47.4 Å². The fourth-order valence-electron chi connectivity index (χ4n) is 8.37. The van der Waals surface area contributed by atoms with Crippen LogP contribution in [0.25, 0.3) is 10.9 Å². The third kappa shape index (κ3) is 8.24. The molecule has 13 heteroatoms. The van der Waals surface area contributed by atoms with Crippen molar-refractivity contribution in [1.29, 1.82) is 0 Å². The van der Waals surface area contributed by atoms with Crippen LogP contribution in [-0.2, 0) is 27.8 Å². The van der Waals surface area contributed by atoms with Crippen molar-refractivity contribution in [3.63, 3.8) is 0 Å². The molecule has 1 unspecified atom stereocenters. The van der Waals surface area contributed by atoms with E-state index in [4.69, 9.17) is 16.3 Å². The van der Waals surface area contributed by atoms with Crippen molar-refractivity contribution in [3.05, 3.63) is 64.6 Å². The monoisotopic (exact) mass is 727 g/mol. The van der Waals surface area contributed by atoms with E-state index >= 15 is 4.39 Å². The fraction of sp³-hybridized carbons (Fsp3) is 0.553. The SMILES string of the molecule is CC1CN([C@H]2C[C@@H](COC3CCC(C(=O)O)CC3)N(C(=O)Cc3cc(Cl)c(NC(=O)c4cn(C)c5ccccc45)cc3F)C2)C[C@H](C)N1CCF. The Kier molecular flexibility index (Phi) is 11.6. The molecule has 3 fully saturated rings. The molecule has 3 aromatic rings. The van der Waals surface area contributed by atoms with Gasteiger partial charge in [0.1, 0.15) is 12.5 Å². The molecule has 10 nitrogen and oxygen atoms in total. The van der Waals surface area contributed by atoms with Gasteiger partial charge < -0.3 is 24.6 Å². The summed E-state index contributed by atoms with van der Waals surface area (Å²) in [6, 6.07) is 10.2. The Morgan fingerprint density at radius 1 is 1.04 bits per heavy atom. The zero-order chi connectivity index (χ0) is 36.4. The molecule has 2 N–H and O–H groups in total. The highest BCUT2D eigenvalue weighted by Gasteiger charge is 2.42. The van der Waals surface area contributed by atoms with Crippen molar-refractivity contribution in [2.75, 3.05) is 44.8 Å². The molecule has 0 radical (unpaired) electrons. The number of nitrogens with zero attached hydrogens (tertiary/aromatic N) is 4. The molecule has 0 bridgehead atoms. The van der Waals surface area contributed by atoms with Gasteiger partial charge >= 0.3 is 5.97 Å². The smallest absolute Gasteiger partial charge is 0.306 e. The molecule has 1 saturated carbocycles. The molecule has 276 valence electrons. The molecule has 1 aliphatic carbocycles. The van der Waals surface area contributed by atoms with Crippen LogP contribution in [0.3, 0.4) is 0 Å². The Morgan fingerprint density at radius 2 is 1.75 bits per heavy atom. The number of carboxylic acid groups (broad SMARTS) is 1. The van der Waals surface area contributed by atoms with Gasteiger partial charge in [0, 0.05) is 68.5 Å². The van der Waals surface area contributed by atoms with E-state index in [1.54, 1.807) is 11.1 Å². The molecule has 0 spiro atoms. The predicted molar refractivity (Wildman–Crippen MR) is 192 cm³/mol. The summed E-state index contributed by atoms with van der Waals surface area (Å²) >= 11 is 6.58. The number of likely N-dealkylation sites (tertiary alicyclic amines) is 1. The van der Waals surface area contributed by atoms with Crippen LogP contribution >= 0.6 is 11.6 Å². The van der Waals surface area contributed by atoms with E-state index in [1.165, 1.54) is 6.07 Å². The molecule has 2 aliphatic heterocycles. The van der Waals surface area contributed by atoms with E-state index in [0.29, 0.717) is 57.4 Å². The highest BCUT2D eigenvalue weighted by molar-refractivity contribution is 6.34. The first kappa shape index (κ1) is 37.2. The van der Waals surface area contributed by atoms with Crippen molar-refractivity contribution in [2.45, 2.75) is 82.6 Å². The third-order valence-electron chi connectivity index (χ3n) is 11.1. The number of aryl methyl sites for hydroxylation is 1. The minimum atomic E-state index is -0.772. The number of carboxylic acids is 1. The highest BCUT2D eigenvalue weighted by atomic mass is 35.5. The summed E-state index contributed by atoms with van der Waals surface area (Å²) in [5.74, 6) is -2.44. The Labute approximate surface area is 302 Å². The average Bonchev–Trinajstić information content (AvgIpc) is 3.69. The first-order chi connectivity index (χ1) is 24.4. The number of hydrogen-bond donors (Lipinski definition) is 2. The number of aromatic nitrogens is 1. The number of benzene rings is 2. The lowest BCUT2D eigenvalue weighted by Crippen LogP contribution is -2.59. The first-order valence-corrected chi connectivity index (χ1v) is 18.3. The van der Waals surface area contributed by atoms with Gasteiger partial charge in [0.25, 0.3) is 5.91 Å². The quantitative estimate of drug-likeness (QED) is 0.259. The normalized spacial score (nSPS) is 26.1. The molecular formula is C38H48ClF2N5O5. The molecule has 1 aromatic heterocycles. The van der Waals surface area contributed by atoms with Crippen molar-refractivity contribution >= 4 is 46.0 Å². The number of hydrogen-bond acceptors (Lipinski definition) is 6.